The van der Waals surface area contributed by atoms with E-state index in [4.69, 9.17) is 37.9 Å². The number of amides is 2. The van der Waals surface area contributed by atoms with Gasteiger partial charge in [-0.1, -0.05) is 24.3 Å². The Kier molecular flexibility index (Phi) is 14.1. The number of hydrogen-bond acceptors (Lipinski definition) is 11. The molecular formula is C38H48N2O11. The molecule has 0 aliphatic carbocycles. The number of ketones is 1. The highest BCUT2D eigenvalue weighted by atomic mass is 16.7. The van der Waals surface area contributed by atoms with Crippen LogP contribution in [0.3, 0.4) is 0 Å². The van der Waals surface area contributed by atoms with Gasteiger partial charge in [-0.05, 0) is 75.6 Å². The average Bonchev–Trinajstić information content (AvgIpc) is 3.33. The highest BCUT2D eigenvalue weighted by molar-refractivity contribution is 6.11. The maximum atomic E-state index is 13.8. The summed E-state index contributed by atoms with van der Waals surface area (Å²) in [6.45, 7) is 6.14. The van der Waals surface area contributed by atoms with Gasteiger partial charge in [0.15, 0.2) is 19.4 Å². The van der Waals surface area contributed by atoms with Crippen LogP contribution >= 0.6 is 0 Å². The monoisotopic (exact) mass is 708 g/mol. The minimum Gasteiger partial charge on any atom is -0.497 e. The Morgan fingerprint density at radius 2 is 1.39 bits per heavy atom. The lowest BCUT2D eigenvalue weighted by molar-refractivity contribution is 0.00406. The van der Waals surface area contributed by atoms with Crippen molar-refractivity contribution < 1.29 is 52.3 Å². The van der Waals surface area contributed by atoms with Crippen LogP contribution in [-0.2, 0) is 25.6 Å². The molecule has 0 saturated carbocycles. The normalized spacial score (nSPS) is 16.1. The number of carbonyl (C=O) groups excluding carboxylic acids is 3. The van der Waals surface area contributed by atoms with Gasteiger partial charge in [0.1, 0.15) is 28.6 Å². The van der Waals surface area contributed by atoms with Crippen LogP contribution < -0.4 is 24.3 Å². The van der Waals surface area contributed by atoms with Crippen LogP contribution in [0, 0.1) is 0 Å². The molecule has 1 aliphatic rings. The zero-order valence-electron chi connectivity index (χ0n) is 30.3. The van der Waals surface area contributed by atoms with Gasteiger partial charge in [0.2, 0.25) is 0 Å². The molecule has 0 aromatic heterocycles. The Hall–Kier alpha value is -4.85. The first-order valence-electron chi connectivity index (χ1n) is 16.6. The van der Waals surface area contributed by atoms with Gasteiger partial charge in [0.05, 0.1) is 44.1 Å². The molecule has 1 heterocycles. The van der Waals surface area contributed by atoms with Crippen molar-refractivity contribution in [1.82, 2.24) is 10.2 Å². The molecule has 0 bridgehead atoms. The molecule has 2 amide bonds. The van der Waals surface area contributed by atoms with Crippen molar-refractivity contribution in [3.63, 3.8) is 0 Å². The third kappa shape index (κ3) is 11.1. The average molecular weight is 709 g/mol. The largest absolute Gasteiger partial charge is 0.497 e. The van der Waals surface area contributed by atoms with E-state index in [9.17, 15) is 14.4 Å². The Bertz CT molecular complexity index is 1620. The second-order valence-corrected chi connectivity index (χ2v) is 12.8. The number of rotatable bonds is 15. The number of methoxy groups -OCH3 is 4. The van der Waals surface area contributed by atoms with Crippen molar-refractivity contribution >= 4 is 17.8 Å². The lowest BCUT2D eigenvalue weighted by Gasteiger charge is -2.31. The smallest absolute Gasteiger partial charge is 0.410 e. The third-order valence-electron chi connectivity index (χ3n) is 7.96. The SMILES string of the molecule is COCOc1ccc(OC)cc1C(=O)N[C@@H]1CN(C(=O)OC(C)(C)C)CCC[C@H]1OCc1ccc(C(=O)c2cc(OC)ccc2OCOC)cc1. The van der Waals surface area contributed by atoms with E-state index in [1.165, 1.54) is 28.4 Å². The molecule has 0 radical (unpaired) electrons. The molecule has 0 spiro atoms. The van der Waals surface area contributed by atoms with Crippen molar-refractivity contribution in [1.29, 1.82) is 0 Å². The van der Waals surface area contributed by atoms with E-state index in [0.717, 1.165) is 5.56 Å². The highest BCUT2D eigenvalue weighted by Gasteiger charge is 2.34. The maximum Gasteiger partial charge on any atom is 0.410 e. The van der Waals surface area contributed by atoms with E-state index in [2.05, 4.69) is 5.32 Å². The van der Waals surface area contributed by atoms with Crippen LogP contribution in [0.25, 0.3) is 0 Å². The van der Waals surface area contributed by atoms with E-state index >= 15 is 0 Å². The van der Waals surface area contributed by atoms with E-state index in [1.807, 2.05) is 32.9 Å². The number of ether oxygens (including phenoxy) is 8. The molecule has 4 rings (SSSR count). The minimum absolute atomic E-state index is 0.0106. The van der Waals surface area contributed by atoms with Gasteiger partial charge in [0, 0.05) is 32.9 Å². The Balaban J connectivity index is 1.54. The maximum absolute atomic E-state index is 13.8. The van der Waals surface area contributed by atoms with Crippen LogP contribution in [-0.4, -0.2) is 95.5 Å². The van der Waals surface area contributed by atoms with Gasteiger partial charge in [-0.2, -0.15) is 0 Å². The van der Waals surface area contributed by atoms with Gasteiger partial charge in [-0.25, -0.2) is 4.79 Å². The van der Waals surface area contributed by atoms with Crippen molar-refractivity contribution in [2.24, 2.45) is 0 Å². The second kappa shape index (κ2) is 18.4. The molecule has 51 heavy (non-hydrogen) atoms. The molecule has 13 nitrogen and oxygen atoms in total. The summed E-state index contributed by atoms with van der Waals surface area (Å²) < 4.78 is 44.1. The van der Waals surface area contributed by atoms with Crippen LogP contribution in [0.5, 0.6) is 23.0 Å². The molecule has 1 saturated heterocycles. The Morgan fingerprint density at radius 1 is 0.804 bits per heavy atom. The summed E-state index contributed by atoms with van der Waals surface area (Å²) in [5, 5.41) is 3.08. The van der Waals surface area contributed by atoms with E-state index in [1.54, 1.807) is 53.4 Å². The lowest BCUT2D eigenvalue weighted by atomic mass is 10.0. The predicted octanol–water partition coefficient (Wildman–Crippen LogP) is 5.61. The first kappa shape index (κ1) is 38.9. The van der Waals surface area contributed by atoms with Crippen LogP contribution in [0.1, 0.15) is 65.5 Å². The number of nitrogens with zero attached hydrogens (tertiary/aromatic N) is 1. The van der Waals surface area contributed by atoms with Gasteiger partial charge in [-0.3, -0.25) is 9.59 Å². The predicted molar refractivity (Wildman–Crippen MR) is 188 cm³/mol. The summed E-state index contributed by atoms with van der Waals surface area (Å²) in [7, 11) is 6.03. The topological polar surface area (TPSA) is 140 Å². The number of hydrogen-bond donors (Lipinski definition) is 1. The fourth-order valence-electron chi connectivity index (χ4n) is 5.44. The standard InChI is InChI=1S/C38H48N2O11/c1-38(2,3)51-37(43)40-18-8-9-34(31(21-40)39-36(42)30-20-28(47-7)15-17-33(30)50-24-45-5)48-22-25-10-12-26(13-11-25)35(41)29-19-27(46-6)14-16-32(29)49-23-44-4/h10-17,19-20,31,34H,8-9,18,21-24H2,1-7H3,(H,39,42)/t31-,34-/m1/s1. The quantitative estimate of drug-likeness (QED) is 0.156. The summed E-state index contributed by atoms with van der Waals surface area (Å²) in [6.07, 6.45) is 0.249. The number of carbonyl (C=O) groups is 3. The van der Waals surface area contributed by atoms with Crippen LogP contribution in [0.2, 0.25) is 0 Å². The molecule has 1 fully saturated rings. The summed E-state index contributed by atoms with van der Waals surface area (Å²) in [5.41, 5.74) is 1.16. The first-order valence-corrected chi connectivity index (χ1v) is 16.6. The summed E-state index contributed by atoms with van der Waals surface area (Å²) in [6, 6.07) is 16.4. The summed E-state index contributed by atoms with van der Waals surface area (Å²) >= 11 is 0. The Morgan fingerprint density at radius 3 is 1.96 bits per heavy atom. The fourth-order valence-corrected chi connectivity index (χ4v) is 5.44. The molecular weight excluding hydrogens is 660 g/mol. The molecule has 3 aromatic rings. The van der Waals surface area contributed by atoms with Gasteiger partial charge in [-0.15, -0.1) is 0 Å². The Labute approximate surface area is 299 Å². The fraction of sp³-hybridized carbons (Fsp3) is 0.447. The van der Waals surface area contributed by atoms with E-state index in [-0.39, 0.29) is 38.1 Å². The van der Waals surface area contributed by atoms with Gasteiger partial charge < -0.3 is 48.1 Å². The van der Waals surface area contributed by atoms with Crippen LogP contribution in [0.4, 0.5) is 4.79 Å². The van der Waals surface area contributed by atoms with Crippen molar-refractivity contribution in [3.8, 4) is 23.0 Å². The molecule has 3 aromatic carbocycles. The third-order valence-corrected chi connectivity index (χ3v) is 7.96. The van der Waals surface area contributed by atoms with Gasteiger partial charge in [0.25, 0.3) is 5.91 Å². The first-order chi connectivity index (χ1) is 24.5. The van der Waals surface area contributed by atoms with E-state index in [0.29, 0.717) is 53.5 Å². The van der Waals surface area contributed by atoms with Crippen LogP contribution in [0.15, 0.2) is 60.7 Å². The lowest BCUT2D eigenvalue weighted by Crippen LogP contribution is -2.51. The number of nitrogens with one attached hydrogen (secondary N) is 1. The zero-order chi connectivity index (χ0) is 37.0. The number of likely N-dealkylation sites (tertiary alicyclic amines) is 1. The molecule has 1 aliphatic heterocycles. The molecule has 276 valence electrons. The zero-order valence-corrected chi connectivity index (χ0v) is 30.3. The van der Waals surface area contributed by atoms with Crippen molar-refractivity contribution in [2.45, 2.75) is 58.0 Å². The summed E-state index contributed by atoms with van der Waals surface area (Å²) in [5.74, 6) is 1.01. The minimum atomic E-state index is -0.690. The molecule has 2 atom stereocenters. The molecule has 13 heteroatoms. The van der Waals surface area contributed by atoms with Crippen molar-refractivity contribution in [3.05, 3.63) is 82.9 Å². The summed E-state index contributed by atoms with van der Waals surface area (Å²) in [4.78, 5) is 42.1. The molecule has 0 unspecified atom stereocenters. The number of benzene rings is 3. The molecule has 1 N–H and O–H groups in total. The highest BCUT2D eigenvalue weighted by Crippen LogP contribution is 2.28. The second-order valence-electron chi connectivity index (χ2n) is 12.8. The van der Waals surface area contributed by atoms with Gasteiger partial charge >= 0.3 is 6.09 Å². The van der Waals surface area contributed by atoms with E-state index < -0.39 is 29.7 Å². The van der Waals surface area contributed by atoms with Crippen molar-refractivity contribution in [2.75, 3.05) is 55.1 Å².